The third-order valence-corrected chi connectivity index (χ3v) is 10.8. The van der Waals surface area contributed by atoms with Gasteiger partial charge in [-0.25, -0.2) is 25.3 Å². The summed E-state index contributed by atoms with van der Waals surface area (Å²) >= 11 is 0. The second-order valence-corrected chi connectivity index (χ2v) is 15.9. The quantitative estimate of drug-likeness (QED) is 0.0498. The molecule has 0 spiro atoms. The van der Waals surface area contributed by atoms with Crippen molar-refractivity contribution in [1.82, 2.24) is 0 Å². The van der Waals surface area contributed by atoms with E-state index in [1.165, 1.54) is 50.6 Å². The molecule has 6 rings (SSSR count). The molecule has 2 aliphatic carbocycles. The molecule has 0 fully saturated rings. The van der Waals surface area contributed by atoms with Crippen LogP contribution in [0, 0.1) is 0 Å². The van der Waals surface area contributed by atoms with Gasteiger partial charge in [-0.3, -0.25) is 20.4 Å². The van der Waals surface area contributed by atoms with E-state index in [1.807, 2.05) is 0 Å². The summed E-state index contributed by atoms with van der Waals surface area (Å²) in [5.41, 5.74) is 15.7. The van der Waals surface area contributed by atoms with Crippen LogP contribution in [0.15, 0.2) is 91.6 Å². The van der Waals surface area contributed by atoms with E-state index < -0.39 is 73.7 Å². The fourth-order valence-corrected chi connectivity index (χ4v) is 7.56. The summed E-state index contributed by atoms with van der Waals surface area (Å²) in [7, 11) is -13.0. The van der Waals surface area contributed by atoms with Crippen LogP contribution in [0.2, 0.25) is 0 Å². The molecular formula is C34H25N6Na3O13S3. The molecule has 0 aliphatic heterocycles. The van der Waals surface area contributed by atoms with Crippen molar-refractivity contribution in [2.75, 3.05) is 36.5 Å². The van der Waals surface area contributed by atoms with Crippen molar-refractivity contribution >= 4 is 88.2 Å². The van der Waals surface area contributed by atoms with Gasteiger partial charge in [-0.1, -0.05) is 12.1 Å². The molecule has 0 saturated heterocycles. The second kappa shape index (κ2) is 19.1. The molecule has 2 aliphatic rings. The number of nitrogens with zero attached hydrogens (tertiary/aromatic N) is 2. The first-order chi connectivity index (χ1) is 26.2. The Labute approximate surface area is 403 Å². The van der Waals surface area contributed by atoms with Crippen LogP contribution in [-0.4, -0.2) is 76.1 Å². The number of methoxy groups -OCH3 is 2. The number of benzene rings is 4. The van der Waals surface area contributed by atoms with E-state index in [0.717, 1.165) is 18.2 Å². The number of rotatable bonds is 10. The molecule has 0 saturated carbocycles. The van der Waals surface area contributed by atoms with Crippen molar-refractivity contribution in [3.05, 3.63) is 98.8 Å². The summed E-state index contributed by atoms with van der Waals surface area (Å²) < 4.78 is 118. The summed E-state index contributed by atoms with van der Waals surface area (Å²) in [6.45, 7) is 0. The predicted octanol–water partition coefficient (Wildman–Crippen LogP) is -6.45. The Bertz CT molecular complexity index is 2880. The van der Waals surface area contributed by atoms with Crippen LogP contribution in [0.3, 0.4) is 0 Å². The molecule has 0 unspecified atom stereocenters. The molecule has 25 heteroatoms. The van der Waals surface area contributed by atoms with Crippen molar-refractivity contribution in [2.45, 2.75) is 4.90 Å². The zero-order valence-electron chi connectivity index (χ0n) is 31.6. The Morgan fingerprint density at radius 2 is 1.07 bits per heavy atom. The number of nitrogen functional groups attached to an aromatic ring is 2. The first kappa shape index (κ1) is 49.9. The van der Waals surface area contributed by atoms with E-state index in [-0.39, 0.29) is 139 Å². The summed E-state index contributed by atoms with van der Waals surface area (Å²) in [5.74, 6) is -1.70. The smallest absolute Gasteiger partial charge is 0.744 e. The van der Waals surface area contributed by atoms with Crippen molar-refractivity contribution in [1.29, 1.82) is 0 Å². The maximum absolute atomic E-state index is 13.4. The molecule has 290 valence electrons. The fraction of sp³-hybridized carbons (Fsp3) is 0.0588. The number of Topliss-reactive ketones (excluding diaryl/α,β-unsaturated/α-hetero) is 2. The molecule has 0 radical (unpaired) electrons. The molecule has 0 aromatic heterocycles. The van der Waals surface area contributed by atoms with Crippen LogP contribution >= 0.6 is 0 Å². The van der Waals surface area contributed by atoms with Gasteiger partial charge in [-0.15, -0.1) is 0 Å². The zero-order valence-corrected chi connectivity index (χ0v) is 40.0. The van der Waals surface area contributed by atoms with Gasteiger partial charge in [0.15, 0.2) is 0 Å². The summed E-state index contributed by atoms with van der Waals surface area (Å²) in [4.78, 5) is 23.8. The number of fused-ring (bicyclic) bond motifs is 2. The monoisotopic (exact) mass is 890 g/mol. The normalized spacial score (nSPS) is 15.0. The van der Waals surface area contributed by atoms with Crippen LogP contribution in [0.1, 0.15) is 31.8 Å². The predicted molar refractivity (Wildman–Crippen MR) is 201 cm³/mol. The van der Waals surface area contributed by atoms with Gasteiger partial charge in [0.05, 0.1) is 45.9 Å². The molecule has 0 amide bonds. The largest absolute Gasteiger partial charge is 1.00 e. The number of nitrogens with one attached hydrogen (secondary N) is 2. The van der Waals surface area contributed by atoms with Crippen molar-refractivity contribution in [3.8, 4) is 22.6 Å². The minimum absolute atomic E-state index is 0. The summed E-state index contributed by atoms with van der Waals surface area (Å²) in [6.07, 6.45) is 1.70. The molecule has 59 heavy (non-hydrogen) atoms. The Hall–Kier alpha value is -3.43. The Balaban J connectivity index is 0.00000310. The van der Waals surface area contributed by atoms with E-state index >= 15 is 0 Å². The van der Waals surface area contributed by atoms with E-state index in [2.05, 4.69) is 21.1 Å². The summed E-state index contributed by atoms with van der Waals surface area (Å²) in [6, 6.07) is 14.8. The number of nitrogens with two attached hydrogens (primary N) is 2. The third-order valence-electron chi connectivity index (χ3n) is 8.33. The molecular weight excluding hydrogens is 866 g/mol. The number of carbonyl (C=O) groups excluding carboxylic acids is 2. The van der Waals surface area contributed by atoms with Gasteiger partial charge < -0.3 is 34.6 Å². The van der Waals surface area contributed by atoms with Gasteiger partial charge >= 0.3 is 88.7 Å². The topological polar surface area (TPSA) is 325 Å². The van der Waals surface area contributed by atoms with Gasteiger partial charge in [-0.2, -0.15) is 10.2 Å². The minimum Gasteiger partial charge on any atom is -0.744 e. The average molecular weight is 891 g/mol. The number of hydrogen-bond acceptors (Lipinski definition) is 19. The number of allylic oxidation sites excluding steroid dienone is 2. The Kier molecular flexibility index (Phi) is 16.2. The third kappa shape index (κ3) is 10.5. The standard InChI is InChI=1S/C34H28N6O13S3.3Na/c1-52-26-11-16(3-7-24(26)37-39-31-28(55(46,47)48)13-18-9-20(35)5-6-22(18)33(31)41)17-4-8-25(27(12-17)53-2)38-40-32-29(56(49,50)51)14-19-10-21(54(43,44)45)15-23(36)30(19)34(32)42;;;/h3-15,37-38H,35-36H2,1-2H3,(H,43,44,45)(H,46,47,48)(H,49,50,51);;;/q;3*+1/p-3/b39-31-,40-32+;;;. The second-order valence-electron chi connectivity index (χ2n) is 11.8. The van der Waals surface area contributed by atoms with E-state index in [4.69, 9.17) is 20.9 Å². The van der Waals surface area contributed by atoms with Crippen molar-refractivity contribution < 1.29 is 147 Å². The maximum atomic E-state index is 13.4. The Morgan fingerprint density at radius 1 is 0.593 bits per heavy atom. The first-order valence-electron chi connectivity index (χ1n) is 15.5. The summed E-state index contributed by atoms with van der Waals surface area (Å²) in [5, 5.41) is 7.83. The van der Waals surface area contributed by atoms with Crippen LogP contribution < -0.4 is 120 Å². The van der Waals surface area contributed by atoms with Gasteiger partial charge in [-0.05, 0) is 89.0 Å². The maximum Gasteiger partial charge on any atom is 1.00 e. The van der Waals surface area contributed by atoms with Gasteiger partial charge in [0, 0.05) is 16.9 Å². The number of ether oxygens (including phenoxy) is 2. The van der Waals surface area contributed by atoms with Crippen molar-refractivity contribution in [2.24, 2.45) is 10.2 Å². The van der Waals surface area contributed by atoms with Crippen molar-refractivity contribution in [3.63, 3.8) is 0 Å². The number of hydrogen-bond donors (Lipinski definition) is 4. The number of carbonyl (C=O) groups is 2. The van der Waals surface area contributed by atoms with Crippen LogP contribution in [0.5, 0.6) is 11.5 Å². The van der Waals surface area contributed by atoms with Crippen LogP contribution in [0.25, 0.3) is 23.3 Å². The van der Waals surface area contributed by atoms with E-state index in [9.17, 15) is 48.5 Å². The van der Waals surface area contributed by atoms with Crippen LogP contribution in [0.4, 0.5) is 22.7 Å². The Morgan fingerprint density at radius 3 is 1.53 bits per heavy atom. The molecule has 6 N–H and O–H groups in total. The van der Waals surface area contributed by atoms with Gasteiger partial charge in [0.1, 0.15) is 53.3 Å². The first-order valence-corrected chi connectivity index (χ1v) is 19.7. The molecule has 0 heterocycles. The molecule has 4 aromatic carbocycles. The number of hydrazone groups is 2. The number of ketones is 2. The average Bonchev–Trinajstić information content (AvgIpc) is 3.12. The van der Waals surface area contributed by atoms with E-state index in [0.29, 0.717) is 17.2 Å². The van der Waals surface area contributed by atoms with Gasteiger partial charge in [0.2, 0.25) is 11.6 Å². The SMILES string of the molecule is COc1cc(-c2ccc(N/N=C3\C(=O)c4ccc(N)cc4C=C3S(=O)(=O)[O-])c(OC)c2)ccc1N/N=C1/C(=O)c2c(N)cc(S(=O)(=O)[O-])cc2C=C1S(=O)(=O)[O-].[Na+].[Na+].[Na+]. The van der Waals surface area contributed by atoms with E-state index in [1.54, 1.807) is 18.2 Å². The fourth-order valence-electron chi connectivity index (χ4n) is 5.73. The zero-order chi connectivity index (χ0) is 40.9. The molecule has 19 nitrogen and oxygen atoms in total. The molecule has 4 aromatic rings. The molecule has 0 atom stereocenters. The van der Waals surface area contributed by atoms with Gasteiger partial charge in [0.25, 0.3) is 0 Å². The van der Waals surface area contributed by atoms with Crippen LogP contribution in [-0.2, 0) is 30.4 Å². The molecule has 0 bridgehead atoms. The number of anilines is 4. The minimum atomic E-state index is -5.39.